The summed E-state index contributed by atoms with van der Waals surface area (Å²) in [5, 5.41) is 6.09. The number of nitrogens with one attached hydrogen (secondary N) is 1. The summed E-state index contributed by atoms with van der Waals surface area (Å²) in [6.45, 7) is -0.190. The fourth-order valence-corrected chi connectivity index (χ4v) is 1.88. The highest BCUT2D eigenvalue weighted by molar-refractivity contribution is 6.30. The first-order chi connectivity index (χ1) is 9.77. The Morgan fingerprint density at radius 1 is 1.38 bits per heavy atom. The lowest BCUT2D eigenvalue weighted by Gasteiger charge is -2.08. The molecule has 0 saturated heterocycles. The van der Waals surface area contributed by atoms with E-state index in [-0.39, 0.29) is 12.2 Å². The zero-order valence-corrected chi connectivity index (χ0v) is 11.2. The van der Waals surface area contributed by atoms with E-state index < -0.39 is 17.9 Å². The van der Waals surface area contributed by atoms with Crippen molar-refractivity contribution in [3.8, 4) is 5.69 Å². The van der Waals surface area contributed by atoms with Gasteiger partial charge in [0.2, 0.25) is 0 Å². The average molecular weight is 319 g/mol. The normalized spacial score (nSPS) is 11.4. The Morgan fingerprint density at radius 2 is 2.10 bits per heavy atom. The van der Waals surface area contributed by atoms with Gasteiger partial charge in [0.1, 0.15) is 0 Å². The van der Waals surface area contributed by atoms with Gasteiger partial charge in [-0.25, -0.2) is 9.48 Å². The Hall–Kier alpha value is -2.22. The summed E-state index contributed by atoms with van der Waals surface area (Å²) in [4.78, 5) is 10.7. The molecule has 1 aromatic heterocycles. The lowest BCUT2D eigenvalue weighted by molar-refractivity contribution is -0.141. The minimum absolute atomic E-state index is 0.128. The third kappa shape index (κ3) is 3.66. The second-order valence-corrected chi connectivity index (χ2v) is 4.56. The van der Waals surface area contributed by atoms with E-state index in [9.17, 15) is 18.0 Å². The van der Waals surface area contributed by atoms with Crippen molar-refractivity contribution >= 4 is 17.6 Å². The molecule has 5 nitrogen and oxygen atoms in total. The van der Waals surface area contributed by atoms with Crippen molar-refractivity contribution in [1.82, 2.24) is 15.1 Å². The molecule has 2 amide bonds. The van der Waals surface area contributed by atoms with E-state index in [0.717, 1.165) is 10.7 Å². The number of primary amides is 1. The second-order valence-electron chi connectivity index (χ2n) is 4.13. The molecule has 3 N–H and O–H groups in total. The first-order valence-electron chi connectivity index (χ1n) is 5.73. The van der Waals surface area contributed by atoms with E-state index >= 15 is 0 Å². The molecule has 112 valence electrons. The zero-order valence-electron chi connectivity index (χ0n) is 10.5. The van der Waals surface area contributed by atoms with Crippen molar-refractivity contribution in [2.75, 3.05) is 0 Å². The highest BCUT2D eigenvalue weighted by Crippen LogP contribution is 2.29. The Labute approximate surface area is 122 Å². The van der Waals surface area contributed by atoms with Crippen LogP contribution in [0.3, 0.4) is 0 Å². The minimum atomic E-state index is -4.59. The molecule has 0 aliphatic carbocycles. The van der Waals surface area contributed by atoms with Crippen LogP contribution < -0.4 is 11.1 Å². The highest BCUT2D eigenvalue weighted by atomic mass is 35.5. The van der Waals surface area contributed by atoms with E-state index in [2.05, 4.69) is 10.4 Å². The topological polar surface area (TPSA) is 72.9 Å². The Balaban J connectivity index is 2.46. The molecule has 2 rings (SSSR count). The van der Waals surface area contributed by atoms with Gasteiger partial charge in [-0.15, -0.1) is 0 Å². The monoisotopic (exact) mass is 318 g/mol. The summed E-state index contributed by atoms with van der Waals surface area (Å²) < 4.78 is 39.3. The third-order valence-corrected chi connectivity index (χ3v) is 2.81. The summed E-state index contributed by atoms with van der Waals surface area (Å²) in [5.74, 6) is 0. The van der Waals surface area contributed by atoms with Crippen LogP contribution in [-0.2, 0) is 12.7 Å². The molecule has 0 saturated carbocycles. The number of amides is 2. The van der Waals surface area contributed by atoms with E-state index in [4.69, 9.17) is 17.3 Å². The van der Waals surface area contributed by atoms with Crippen LogP contribution in [-0.4, -0.2) is 15.8 Å². The van der Waals surface area contributed by atoms with Crippen molar-refractivity contribution in [3.05, 3.63) is 46.7 Å². The molecule has 2 aromatic rings. The molecule has 0 bridgehead atoms. The predicted octanol–water partition coefficient (Wildman–Crippen LogP) is 2.71. The van der Waals surface area contributed by atoms with Crippen LogP contribution in [0.15, 0.2) is 30.3 Å². The Kier molecular flexibility index (Phi) is 4.08. The summed E-state index contributed by atoms with van der Waals surface area (Å²) in [7, 11) is 0. The van der Waals surface area contributed by atoms with Crippen molar-refractivity contribution < 1.29 is 18.0 Å². The molecule has 0 atom stereocenters. The van der Waals surface area contributed by atoms with Gasteiger partial charge >= 0.3 is 12.2 Å². The molecule has 1 heterocycles. The maximum Gasteiger partial charge on any atom is 0.435 e. The number of hydrogen-bond acceptors (Lipinski definition) is 2. The number of rotatable bonds is 3. The van der Waals surface area contributed by atoms with Gasteiger partial charge in [0.05, 0.1) is 17.9 Å². The maximum absolute atomic E-state index is 12.8. The van der Waals surface area contributed by atoms with E-state index in [1.165, 1.54) is 6.07 Å². The first kappa shape index (κ1) is 15.2. The highest BCUT2D eigenvalue weighted by Gasteiger charge is 2.35. The fraction of sp³-hybridized carbons (Fsp3) is 0.167. The fourth-order valence-electron chi connectivity index (χ4n) is 1.69. The number of hydrogen-bond donors (Lipinski definition) is 2. The number of nitrogens with zero attached hydrogens (tertiary/aromatic N) is 2. The predicted molar refractivity (Wildman–Crippen MR) is 70.0 cm³/mol. The molecule has 9 heteroatoms. The Morgan fingerprint density at radius 3 is 2.67 bits per heavy atom. The summed E-state index contributed by atoms with van der Waals surface area (Å²) in [6.07, 6.45) is -4.59. The van der Waals surface area contributed by atoms with Gasteiger partial charge in [0.25, 0.3) is 0 Å². The van der Waals surface area contributed by atoms with Crippen LogP contribution in [0, 0.1) is 0 Å². The zero-order chi connectivity index (χ0) is 15.6. The number of urea groups is 1. The molecular weight excluding hydrogens is 309 g/mol. The second kappa shape index (κ2) is 5.65. The maximum atomic E-state index is 12.8. The van der Waals surface area contributed by atoms with E-state index in [1.807, 2.05) is 0 Å². The molecule has 1 aromatic carbocycles. The van der Waals surface area contributed by atoms with Crippen LogP contribution in [0.1, 0.15) is 11.4 Å². The van der Waals surface area contributed by atoms with Crippen molar-refractivity contribution in [1.29, 1.82) is 0 Å². The summed E-state index contributed by atoms with van der Waals surface area (Å²) in [6, 6.07) is 6.17. The van der Waals surface area contributed by atoms with Gasteiger partial charge in [0.15, 0.2) is 5.69 Å². The van der Waals surface area contributed by atoms with Crippen LogP contribution in [0.5, 0.6) is 0 Å². The van der Waals surface area contributed by atoms with Gasteiger partial charge in [-0.05, 0) is 24.3 Å². The number of nitrogens with two attached hydrogens (primary N) is 1. The lowest BCUT2D eigenvalue weighted by Crippen LogP contribution is -2.29. The van der Waals surface area contributed by atoms with Gasteiger partial charge in [0, 0.05) is 5.02 Å². The number of alkyl halides is 3. The first-order valence-corrected chi connectivity index (χ1v) is 6.10. The molecule has 0 spiro atoms. The molecule has 0 aliphatic heterocycles. The van der Waals surface area contributed by atoms with E-state index in [0.29, 0.717) is 10.7 Å². The van der Waals surface area contributed by atoms with Crippen molar-refractivity contribution in [2.45, 2.75) is 12.7 Å². The molecule has 0 aliphatic rings. The van der Waals surface area contributed by atoms with Gasteiger partial charge in [-0.2, -0.15) is 18.3 Å². The lowest BCUT2D eigenvalue weighted by atomic mass is 10.3. The molecule has 21 heavy (non-hydrogen) atoms. The van der Waals surface area contributed by atoms with Crippen LogP contribution in [0.25, 0.3) is 5.69 Å². The minimum Gasteiger partial charge on any atom is -0.352 e. The largest absolute Gasteiger partial charge is 0.435 e. The molecule has 0 radical (unpaired) electrons. The van der Waals surface area contributed by atoms with E-state index in [1.54, 1.807) is 18.2 Å². The quantitative estimate of drug-likeness (QED) is 0.913. The number of aromatic nitrogens is 2. The van der Waals surface area contributed by atoms with Crippen molar-refractivity contribution in [2.24, 2.45) is 5.73 Å². The molecule has 0 unspecified atom stereocenters. The Bertz CT molecular complexity index is 669. The number of benzene rings is 1. The molecular formula is C12H10ClF3N4O. The van der Waals surface area contributed by atoms with Gasteiger partial charge in [-0.1, -0.05) is 17.7 Å². The van der Waals surface area contributed by atoms with Crippen molar-refractivity contribution in [3.63, 3.8) is 0 Å². The van der Waals surface area contributed by atoms with Gasteiger partial charge < -0.3 is 11.1 Å². The molecule has 0 fully saturated rings. The number of carbonyl (C=O) groups is 1. The summed E-state index contributed by atoms with van der Waals surface area (Å²) >= 11 is 5.82. The smallest absolute Gasteiger partial charge is 0.352 e. The standard InChI is InChI=1S/C12H10ClF3N4O/c13-7-2-1-3-8(4-7)20-9(6-18-11(17)21)5-10(19-20)12(14,15)16/h1-5H,6H2,(H3,17,18,21). The number of halogens is 4. The van der Waals surface area contributed by atoms with Crippen LogP contribution in [0.4, 0.5) is 18.0 Å². The SMILES string of the molecule is NC(=O)NCc1cc(C(F)(F)F)nn1-c1cccc(Cl)c1. The number of carbonyl (C=O) groups excluding carboxylic acids is 1. The summed E-state index contributed by atoms with van der Waals surface area (Å²) in [5.41, 5.74) is 4.33. The van der Waals surface area contributed by atoms with Crippen LogP contribution in [0.2, 0.25) is 5.02 Å². The van der Waals surface area contributed by atoms with Crippen LogP contribution >= 0.6 is 11.6 Å². The third-order valence-electron chi connectivity index (χ3n) is 2.57. The average Bonchev–Trinajstić information content (AvgIpc) is 2.80. The van der Waals surface area contributed by atoms with Gasteiger partial charge in [-0.3, -0.25) is 0 Å².